The van der Waals surface area contributed by atoms with Crippen molar-refractivity contribution in [2.24, 2.45) is 5.73 Å². The first-order chi connectivity index (χ1) is 11.5. The minimum absolute atomic E-state index is 0. The summed E-state index contributed by atoms with van der Waals surface area (Å²) in [6, 6.07) is 7.85. The molecule has 144 valence electrons. The minimum atomic E-state index is 0. The largest absolute Gasteiger partial charge is 0.377 e. The normalized spacial score (nSPS) is 18.3. The summed E-state index contributed by atoms with van der Waals surface area (Å²) in [7, 11) is 1.64. The number of methoxy groups -OCH3 is 1. The van der Waals surface area contributed by atoms with E-state index in [2.05, 4.69) is 15.3 Å². The molecular weight excluding hydrogens is 418 g/mol. The van der Waals surface area contributed by atoms with Gasteiger partial charge in [0.25, 0.3) is 0 Å². The van der Waals surface area contributed by atoms with Crippen LogP contribution in [-0.2, 0) is 17.9 Å². The smallest absolute Gasteiger partial charge is 0.156 e. The maximum absolute atomic E-state index is 6.06. The number of aromatic nitrogens is 2. The van der Waals surface area contributed by atoms with E-state index in [1.165, 1.54) is 0 Å². The van der Waals surface area contributed by atoms with E-state index in [1.54, 1.807) is 13.2 Å². The van der Waals surface area contributed by atoms with Crippen LogP contribution in [0.3, 0.4) is 0 Å². The Morgan fingerprint density at radius 2 is 1.88 bits per heavy atom. The van der Waals surface area contributed by atoms with Gasteiger partial charge in [-0.05, 0) is 30.5 Å². The number of nitrogens with two attached hydrogens (primary N) is 1. The average molecular weight is 440 g/mol. The molecule has 0 aliphatic heterocycles. The molecule has 1 aliphatic carbocycles. The van der Waals surface area contributed by atoms with Gasteiger partial charge in [-0.25, -0.2) is 9.97 Å². The van der Waals surface area contributed by atoms with Gasteiger partial charge in [-0.1, -0.05) is 29.3 Å². The van der Waals surface area contributed by atoms with E-state index in [4.69, 9.17) is 33.7 Å². The Morgan fingerprint density at radius 3 is 2.50 bits per heavy atom. The number of rotatable bonds is 6. The van der Waals surface area contributed by atoms with Crippen molar-refractivity contribution < 1.29 is 4.74 Å². The SMILES string of the molecule is COCc1nc(NCc2ccc(Cl)c(Cl)c2)cc(C2CC(N)C2)n1.Cl.Cl. The van der Waals surface area contributed by atoms with Crippen molar-refractivity contribution >= 4 is 53.8 Å². The first-order valence-electron chi connectivity index (χ1n) is 7.85. The molecule has 0 unspecified atom stereocenters. The summed E-state index contributed by atoms with van der Waals surface area (Å²) >= 11 is 12.0. The molecule has 5 nitrogen and oxygen atoms in total. The summed E-state index contributed by atoms with van der Waals surface area (Å²) in [5.74, 6) is 1.86. The predicted octanol–water partition coefficient (Wildman–Crippen LogP) is 4.59. The lowest BCUT2D eigenvalue weighted by atomic mass is 9.78. The number of nitrogens with zero attached hydrogens (tertiary/aromatic N) is 2. The van der Waals surface area contributed by atoms with E-state index < -0.39 is 0 Å². The van der Waals surface area contributed by atoms with Crippen molar-refractivity contribution in [1.82, 2.24) is 9.97 Å². The summed E-state index contributed by atoms with van der Waals surface area (Å²) in [5, 5.41) is 4.42. The lowest BCUT2D eigenvalue weighted by molar-refractivity contribution is 0.177. The highest BCUT2D eigenvalue weighted by Crippen LogP contribution is 2.35. The van der Waals surface area contributed by atoms with Crippen LogP contribution >= 0.6 is 48.0 Å². The summed E-state index contributed by atoms with van der Waals surface area (Å²) in [6.07, 6.45) is 1.94. The van der Waals surface area contributed by atoms with E-state index in [0.29, 0.717) is 34.9 Å². The average Bonchev–Trinajstić information content (AvgIpc) is 2.53. The van der Waals surface area contributed by atoms with Gasteiger partial charge in [-0.2, -0.15) is 0 Å². The number of hydrogen-bond donors (Lipinski definition) is 2. The fraction of sp³-hybridized carbons (Fsp3) is 0.412. The van der Waals surface area contributed by atoms with E-state index in [0.717, 1.165) is 29.9 Å². The van der Waals surface area contributed by atoms with Crippen molar-refractivity contribution in [2.45, 2.75) is 38.0 Å². The molecule has 2 aromatic rings. The molecule has 1 heterocycles. The molecule has 26 heavy (non-hydrogen) atoms. The predicted molar refractivity (Wildman–Crippen MR) is 111 cm³/mol. The quantitative estimate of drug-likeness (QED) is 0.688. The molecule has 3 N–H and O–H groups in total. The molecule has 1 aliphatic rings. The monoisotopic (exact) mass is 438 g/mol. The van der Waals surface area contributed by atoms with Crippen LogP contribution < -0.4 is 11.1 Å². The number of benzene rings is 1. The molecule has 0 radical (unpaired) electrons. The second-order valence-corrected chi connectivity index (χ2v) is 6.87. The van der Waals surface area contributed by atoms with Crippen molar-refractivity contribution in [2.75, 3.05) is 12.4 Å². The van der Waals surface area contributed by atoms with Crippen molar-refractivity contribution in [1.29, 1.82) is 0 Å². The molecular formula is C17H22Cl4N4O. The van der Waals surface area contributed by atoms with E-state index in [-0.39, 0.29) is 30.9 Å². The van der Waals surface area contributed by atoms with Gasteiger partial charge in [0.15, 0.2) is 5.82 Å². The molecule has 0 amide bonds. The number of halogens is 4. The molecule has 0 saturated heterocycles. The zero-order valence-electron chi connectivity index (χ0n) is 14.2. The second-order valence-electron chi connectivity index (χ2n) is 6.06. The topological polar surface area (TPSA) is 73.1 Å². The molecule has 0 atom stereocenters. The van der Waals surface area contributed by atoms with Crippen LogP contribution in [0.25, 0.3) is 0 Å². The highest BCUT2D eigenvalue weighted by molar-refractivity contribution is 6.42. The summed E-state index contributed by atoms with van der Waals surface area (Å²) in [4.78, 5) is 9.09. The third kappa shape index (κ3) is 5.84. The zero-order chi connectivity index (χ0) is 17.1. The first-order valence-corrected chi connectivity index (χ1v) is 8.61. The van der Waals surface area contributed by atoms with Gasteiger partial charge >= 0.3 is 0 Å². The number of anilines is 1. The summed E-state index contributed by atoms with van der Waals surface area (Å²) < 4.78 is 5.17. The first kappa shape index (κ1) is 23.2. The maximum Gasteiger partial charge on any atom is 0.156 e. The Hall–Kier alpha value is -0.820. The zero-order valence-corrected chi connectivity index (χ0v) is 17.4. The molecule has 1 saturated carbocycles. The van der Waals surface area contributed by atoms with Gasteiger partial charge in [-0.15, -0.1) is 24.8 Å². The highest BCUT2D eigenvalue weighted by atomic mass is 35.5. The molecule has 3 rings (SSSR count). The Balaban J connectivity index is 0.00000169. The van der Waals surface area contributed by atoms with Gasteiger partial charge < -0.3 is 15.8 Å². The molecule has 0 spiro atoms. The van der Waals surface area contributed by atoms with Crippen molar-refractivity contribution in [3.63, 3.8) is 0 Å². The van der Waals surface area contributed by atoms with Gasteiger partial charge in [0.05, 0.1) is 10.0 Å². The second kappa shape index (κ2) is 10.5. The Bertz CT molecular complexity index is 726. The molecule has 9 heteroatoms. The van der Waals surface area contributed by atoms with E-state index in [9.17, 15) is 0 Å². The van der Waals surface area contributed by atoms with Crippen LogP contribution in [0.15, 0.2) is 24.3 Å². The number of hydrogen-bond acceptors (Lipinski definition) is 5. The molecule has 1 aromatic heterocycles. The molecule has 1 aromatic carbocycles. The van der Waals surface area contributed by atoms with E-state index >= 15 is 0 Å². The Labute approximate surface area is 175 Å². The van der Waals surface area contributed by atoms with Crippen LogP contribution in [0.5, 0.6) is 0 Å². The standard InChI is InChI=1S/C17H20Cl2N4O.2ClH/c1-24-9-17-22-15(11-5-12(20)6-11)7-16(23-17)21-8-10-2-3-13(18)14(19)4-10;;/h2-4,7,11-12H,5-6,8-9,20H2,1H3,(H,21,22,23);2*1H. The summed E-state index contributed by atoms with van der Waals surface area (Å²) in [5.41, 5.74) is 7.95. The van der Waals surface area contributed by atoms with Gasteiger partial charge in [0.1, 0.15) is 12.4 Å². The third-order valence-corrected chi connectivity index (χ3v) is 4.86. The fourth-order valence-corrected chi connectivity index (χ4v) is 3.08. The maximum atomic E-state index is 6.06. The molecule has 1 fully saturated rings. The van der Waals surface area contributed by atoms with Crippen LogP contribution in [0, 0.1) is 0 Å². The third-order valence-electron chi connectivity index (χ3n) is 4.12. The summed E-state index contributed by atoms with van der Waals surface area (Å²) in [6.45, 7) is 0.984. The van der Waals surface area contributed by atoms with Crippen molar-refractivity contribution in [3.8, 4) is 0 Å². The lowest BCUT2D eigenvalue weighted by Gasteiger charge is -2.32. The Kier molecular flexibility index (Phi) is 9.38. The fourth-order valence-electron chi connectivity index (χ4n) is 2.76. The van der Waals surface area contributed by atoms with Crippen LogP contribution in [-0.4, -0.2) is 23.1 Å². The number of ether oxygens (including phenoxy) is 1. The van der Waals surface area contributed by atoms with Gasteiger partial charge in [0.2, 0.25) is 0 Å². The van der Waals surface area contributed by atoms with Crippen LogP contribution in [0.2, 0.25) is 10.0 Å². The van der Waals surface area contributed by atoms with Crippen LogP contribution in [0.1, 0.15) is 35.8 Å². The van der Waals surface area contributed by atoms with E-state index in [1.807, 2.05) is 18.2 Å². The molecule has 0 bridgehead atoms. The lowest BCUT2D eigenvalue weighted by Crippen LogP contribution is -2.35. The van der Waals surface area contributed by atoms with Crippen LogP contribution in [0.4, 0.5) is 5.82 Å². The van der Waals surface area contributed by atoms with Gasteiger partial charge in [-0.3, -0.25) is 0 Å². The van der Waals surface area contributed by atoms with Gasteiger partial charge in [0, 0.05) is 37.4 Å². The number of nitrogens with one attached hydrogen (secondary N) is 1. The highest BCUT2D eigenvalue weighted by Gasteiger charge is 2.29. The van der Waals surface area contributed by atoms with Crippen molar-refractivity contribution in [3.05, 3.63) is 51.4 Å². The Morgan fingerprint density at radius 1 is 1.15 bits per heavy atom. The minimum Gasteiger partial charge on any atom is -0.377 e.